The third-order valence-corrected chi connectivity index (χ3v) is 6.70. The lowest BCUT2D eigenvalue weighted by Crippen LogP contribution is -2.29. The number of carbonyl (C=O) groups is 1. The number of aliphatic hydroxyl groups is 1. The molecule has 0 radical (unpaired) electrons. The Hall–Kier alpha value is -1.93. The molecule has 3 aromatic heterocycles. The van der Waals surface area contributed by atoms with Crippen molar-refractivity contribution in [2.75, 3.05) is 14.1 Å². The van der Waals surface area contributed by atoms with Crippen molar-refractivity contribution in [2.24, 2.45) is 0 Å². The molecule has 0 fully saturated rings. The van der Waals surface area contributed by atoms with Crippen LogP contribution in [-0.2, 0) is 4.79 Å². The van der Waals surface area contributed by atoms with Crippen molar-refractivity contribution in [1.82, 2.24) is 14.3 Å². The highest BCUT2D eigenvalue weighted by atomic mass is 35.5. The van der Waals surface area contributed by atoms with Gasteiger partial charge in [0.1, 0.15) is 0 Å². The first kappa shape index (κ1) is 18.4. The molecule has 0 spiro atoms. The van der Waals surface area contributed by atoms with Crippen LogP contribution in [0.15, 0.2) is 24.3 Å². The third-order valence-electron chi connectivity index (χ3n) is 4.48. The van der Waals surface area contributed by atoms with Crippen LogP contribution in [0.25, 0.3) is 26.4 Å². The van der Waals surface area contributed by atoms with Crippen molar-refractivity contribution in [3.63, 3.8) is 0 Å². The summed E-state index contributed by atoms with van der Waals surface area (Å²) >= 11 is 9.39. The zero-order valence-corrected chi connectivity index (χ0v) is 17.7. The number of aromatic nitrogens is 2. The molecule has 0 saturated carbocycles. The van der Waals surface area contributed by atoms with Gasteiger partial charge in [0.15, 0.2) is 11.1 Å². The summed E-state index contributed by atoms with van der Waals surface area (Å²) in [6.45, 7) is 4.06. The average molecular weight is 420 g/mol. The Morgan fingerprint density at radius 2 is 2.00 bits per heavy atom. The maximum absolute atomic E-state index is 12.6. The molecular weight excluding hydrogens is 402 g/mol. The van der Waals surface area contributed by atoms with Crippen molar-refractivity contribution in [1.29, 1.82) is 0 Å². The summed E-state index contributed by atoms with van der Waals surface area (Å²) in [5.74, 6) is -0.385. The topological polar surface area (TPSA) is 57.8 Å². The third kappa shape index (κ3) is 2.95. The number of fused-ring (bicyclic) bond motifs is 3. The van der Waals surface area contributed by atoms with Gasteiger partial charge in [-0.1, -0.05) is 22.9 Å². The normalized spacial score (nSPS) is 12.8. The van der Waals surface area contributed by atoms with E-state index >= 15 is 0 Å². The predicted molar refractivity (Wildman–Crippen MR) is 112 cm³/mol. The van der Waals surface area contributed by atoms with E-state index in [1.54, 1.807) is 25.4 Å². The molecule has 1 N–H and O–H groups in total. The van der Waals surface area contributed by atoms with Gasteiger partial charge in [0.25, 0.3) is 5.91 Å². The first-order valence-electron chi connectivity index (χ1n) is 8.35. The van der Waals surface area contributed by atoms with Crippen LogP contribution in [0.4, 0.5) is 0 Å². The van der Waals surface area contributed by atoms with Crippen LogP contribution < -0.4 is 0 Å². The number of likely N-dealkylation sites (N-methyl/N-ethyl adjacent to an activating group) is 1. The molecule has 1 unspecified atom stereocenters. The minimum absolute atomic E-state index is 0.385. The van der Waals surface area contributed by atoms with Crippen LogP contribution >= 0.6 is 34.3 Å². The summed E-state index contributed by atoms with van der Waals surface area (Å²) in [7, 11) is 3.26. The minimum Gasteiger partial charge on any atom is -0.377 e. The monoisotopic (exact) mass is 419 g/mol. The fourth-order valence-electron chi connectivity index (χ4n) is 3.24. The number of rotatable bonds is 3. The zero-order chi connectivity index (χ0) is 19.5. The number of carbonyl (C=O) groups excluding carboxylic acids is 1. The van der Waals surface area contributed by atoms with Gasteiger partial charge in [-0.25, -0.2) is 4.98 Å². The molecule has 1 atom stereocenters. The SMILES string of the molecule is Cc1cc(-c2nc3sc4ccc(Cl)cc4n3c2C(O)C(=O)N(C)C)c(C)s1. The first-order chi connectivity index (χ1) is 12.8. The van der Waals surface area contributed by atoms with Crippen LogP contribution in [0.5, 0.6) is 0 Å². The molecule has 27 heavy (non-hydrogen) atoms. The summed E-state index contributed by atoms with van der Waals surface area (Å²) in [6.07, 6.45) is -1.32. The van der Waals surface area contributed by atoms with E-state index in [-0.39, 0.29) is 5.91 Å². The van der Waals surface area contributed by atoms with Crippen LogP contribution in [0.2, 0.25) is 5.02 Å². The highest BCUT2D eigenvalue weighted by Gasteiger charge is 2.30. The van der Waals surface area contributed by atoms with Crippen molar-refractivity contribution in [2.45, 2.75) is 20.0 Å². The lowest BCUT2D eigenvalue weighted by atomic mass is 10.1. The number of aliphatic hydroxyl groups excluding tert-OH is 1. The standard InChI is InChI=1S/C19H18ClN3O2S2/c1-9-7-12(10(2)26-9)15-16(17(24)18(25)22(3)4)23-13-8-11(20)5-6-14(13)27-19(23)21-15/h5-8,17,24H,1-4H3. The van der Waals surface area contributed by atoms with Gasteiger partial charge in [-0.2, -0.15) is 0 Å². The van der Waals surface area contributed by atoms with Crippen LogP contribution in [0, 0.1) is 13.8 Å². The summed E-state index contributed by atoms with van der Waals surface area (Å²) in [5, 5.41) is 11.6. The van der Waals surface area contributed by atoms with E-state index in [0.717, 1.165) is 30.5 Å². The molecule has 0 aliphatic carbocycles. The van der Waals surface area contributed by atoms with E-state index in [1.807, 2.05) is 36.4 Å². The Morgan fingerprint density at radius 3 is 2.63 bits per heavy atom. The van der Waals surface area contributed by atoms with E-state index in [0.29, 0.717) is 16.4 Å². The predicted octanol–water partition coefficient (Wildman–Crippen LogP) is 4.67. The number of thiophene rings is 1. The van der Waals surface area contributed by atoms with Gasteiger partial charge in [-0.15, -0.1) is 11.3 Å². The Kier molecular flexibility index (Phi) is 4.50. The van der Waals surface area contributed by atoms with Crippen molar-refractivity contribution in [3.8, 4) is 11.3 Å². The number of halogens is 1. The maximum atomic E-state index is 12.6. The van der Waals surface area contributed by atoms with Gasteiger partial charge in [0.05, 0.1) is 21.6 Å². The number of amides is 1. The molecule has 0 aliphatic rings. The van der Waals surface area contributed by atoms with E-state index in [9.17, 15) is 9.90 Å². The van der Waals surface area contributed by atoms with Crippen LogP contribution in [0.1, 0.15) is 21.6 Å². The Morgan fingerprint density at radius 1 is 1.26 bits per heavy atom. The number of thiazole rings is 1. The number of hydrogen-bond acceptors (Lipinski definition) is 5. The molecule has 0 bridgehead atoms. The molecule has 3 heterocycles. The summed E-state index contributed by atoms with van der Waals surface area (Å²) in [4.78, 5) is 21.8. The summed E-state index contributed by atoms with van der Waals surface area (Å²) in [6, 6.07) is 7.65. The number of imidazole rings is 1. The van der Waals surface area contributed by atoms with Crippen molar-refractivity contribution in [3.05, 3.63) is 44.7 Å². The largest absolute Gasteiger partial charge is 0.377 e. The highest BCUT2D eigenvalue weighted by molar-refractivity contribution is 7.23. The van der Waals surface area contributed by atoms with Crippen LogP contribution in [0.3, 0.4) is 0 Å². The van der Waals surface area contributed by atoms with Gasteiger partial charge >= 0.3 is 0 Å². The maximum Gasteiger partial charge on any atom is 0.257 e. The second kappa shape index (κ2) is 6.60. The second-order valence-electron chi connectivity index (χ2n) is 6.64. The highest BCUT2D eigenvalue weighted by Crippen LogP contribution is 2.39. The quantitative estimate of drug-likeness (QED) is 0.525. The summed E-state index contributed by atoms with van der Waals surface area (Å²) in [5.41, 5.74) is 2.92. The molecule has 4 aromatic rings. The van der Waals surface area contributed by atoms with E-state index in [2.05, 4.69) is 6.07 Å². The van der Waals surface area contributed by atoms with E-state index in [4.69, 9.17) is 16.6 Å². The van der Waals surface area contributed by atoms with Gasteiger partial charge in [-0.3, -0.25) is 9.20 Å². The Bertz CT molecular complexity index is 1190. The first-order valence-corrected chi connectivity index (χ1v) is 10.4. The zero-order valence-electron chi connectivity index (χ0n) is 15.3. The molecule has 0 aliphatic heterocycles. The Labute approximate surface area is 169 Å². The van der Waals surface area contributed by atoms with Gasteiger partial charge in [0, 0.05) is 34.4 Å². The van der Waals surface area contributed by atoms with E-state index in [1.165, 1.54) is 16.2 Å². The fraction of sp³-hybridized carbons (Fsp3) is 0.263. The molecular formula is C19H18ClN3O2S2. The molecule has 0 saturated heterocycles. The molecule has 140 valence electrons. The smallest absolute Gasteiger partial charge is 0.257 e. The molecule has 1 aromatic carbocycles. The van der Waals surface area contributed by atoms with E-state index < -0.39 is 6.10 Å². The molecule has 5 nitrogen and oxygen atoms in total. The number of aryl methyl sites for hydroxylation is 2. The second-order valence-corrected chi connectivity index (χ2v) is 9.55. The summed E-state index contributed by atoms with van der Waals surface area (Å²) < 4.78 is 2.86. The molecule has 1 amide bonds. The lowest BCUT2D eigenvalue weighted by molar-refractivity contribution is -0.138. The number of benzene rings is 1. The van der Waals surface area contributed by atoms with Crippen LogP contribution in [-0.4, -0.2) is 39.4 Å². The average Bonchev–Trinajstić information content (AvgIpc) is 3.24. The van der Waals surface area contributed by atoms with Crippen molar-refractivity contribution >= 4 is 55.4 Å². The number of hydrogen-bond donors (Lipinski definition) is 1. The Balaban J connectivity index is 2.08. The van der Waals surface area contributed by atoms with Gasteiger partial charge in [0.2, 0.25) is 0 Å². The minimum atomic E-state index is -1.32. The fourth-order valence-corrected chi connectivity index (χ4v) is 5.34. The van der Waals surface area contributed by atoms with Gasteiger partial charge < -0.3 is 10.0 Å². The molecule has 8 heteroatoms. The van der Waals surface area contributed by atoms with Gasteiger partial charge in [-0.05, 0) is 38.1 Å². The molecule has 4 rings (SSSR count). The van der Waals surface area contributed by atoms with Crippen molar-refractivity contribution < 1.29 is 9.90 Å². The lowest BCUT2D eigenvalue weighted by Gasteiger charge is -2.17. The number of nitrogens with zero attached hydrogens (tertiary/aromatic N) is 3.